The van der Waals surface area contributed by atoms with Crippen LogP contribution >= 0.6 is 0 Å². The van der Waals surface area contributed by atoms with Gasteiger partial charge in [0.1, 0.15) is 0 Å². The Morgan fingerprint density at radius 2 is 1.44 bits per heavy atom. The lowest BCUT2D eigenvalue weighted by molar-refractivity contribution is -0.230. The molecule has 0 aromatic rings. The number of hydrogen-bond acceptors (Lipinski definition) is 4. The lowest BCUT2D eigenvalue weighted by Crippen LogP contribution is -2.34. The Kier molecular flexibility index (Phi) is 9.98. The predicted molar refractivity (Wildman–Crippen MR) is 71.4 cm³/mol. The highest BCUT2D eigenvalue weighted by atomic mass is 16.7. The minimum Gasteiger partial charge on any atom is -0.466 e. The van der Waals surface area contributed by atoms with Crippen LogP contribution in [0.15, 0.2) is 0 Å². The lowest BCUT2D eigenvalue weighted by Gasteiger charge is -2.29. The summed E-state index contributed by atoms with van der Waals surface area (Å²) in [5.74, 6) is -0.847. The molecule has 0 aromatic carbocycles. The Bertz CT molecular complexity index is 208. The Balaban J connectivity index is 4.09. The van der Waals surface area contributed by atoms with Gasteiger partial charge in [-0.15, -0.1) is 0 Å². The molecule has 0 aromatic heterocycles. The highest BCUT2D eigenvalue weighted by Gasteiger charge is 2.26. The van der Waals surface area contributed by atoms with Crippen LogP contribution in [0.3, 0.4) is 0 Å². The van der Waals surface area contributed by atoms with Crippen LogP contribution in [0, 0.1) is 0 Å². The summed E-state index contributed by atoms with van der Waals surface area (Å²) in [6.45, 7) is 9.75. The number of ether oxygens (including phenoxy) is 3. The Morgan fingerprint density at radius 1 is 0.944 bits per heavy atom. The van der Waals surface area contributed by atoms with Crippen molar-refractivity contribution in [1.82, 2.24) is 0 Å². The summed E-state index contributed by atoms with van der Waals surface area (Å²) < 4.78 is 16.5. The van der Waals surface area contributed by atoms with Gasteiger partial charge < -0.3 is 14.2 Å². The topological polar surface area (TPSA) is 44.8 Å². The van der Waals surface area contributed by atoms with E-state index in [1.165, 1.54) is 0 Å². The van der Waals surface area contributed by atoms with Crippen LogP contribution in [0.5, 0.6) is 0 Å². The van der Waals surface area contributed by atoms with Gasteiger partial charge in [-0.1, -0.05) is 20.8 Å². The smallest absolute Gasteiger partial charge is 0.305 e. The average Bonchev–Trinajstić information content (AvgIpc) is 2.38. The summed E-state index contributed by atoms with van der Waals surface area (Å²) in [6.07, 6.45) is 3.60. The van der Waals surface area contributed by atoms with E-state index in [0.29, 0.717) is 32.7 Å². The third-order valence-electron chi connectivity index (χ3n) is 2.47. The van der Waals surface area contributed by atoms with Crippen LogP contribution in [-0.2, 0) is 19.0 Å². The molecule has 0 rings (SSSR count). The molecule has 0 aliphatic rings. The summed E-state index contributed by atoms with van der Waals surface area (Å²) in [5, 5.41) is 0. The lowest BCUT2D eigenvalue weighted by atomic mass is 10.1. The van der Waals surface area contributed by atoms with Gasteiger partial charge in [-0.05, 0) is 26.2 Å². The third kappa shape index (κ3) is 8.48. The van der Waals surface area contributed by atoms with Crippen molar-refractivity contribution in [3.63, 3.8) is 0 Å². The largest absolute Gasteiger partial charge is 0.466 e. The zero-order valence-corrected chi connectivity index (χ0v) is 12.3. The molecule has 0 N–H and O–H groups in total. The standard InChI is InChI=1S/C14H28O4/c1-5-10-16-13(15)8-9-14(4,17-11-6-2)18-12-7-3/h5-12H2,1-4H3. The second kappa shape index (κ2) is 10.3. The van der Waals surface area contributed by atoms with Gasteiger partial charge in [-0.2, -0.15) is 0 Å². The molecule has 0 aliphatic heterocycles. The quantitative estimate of drug-likeness (QED) is 0.422. The second-order valence-electron chi connectivity index (χ2n) is 4.55. The van der Waals surface area contributed by atoms with Crippen LogP contribution in [-0.4, -0.2) is 31.6 Å². The summed E-state index contributed by atoms with van der Waals surface area (Å²) >= 11 is 0. The summed E-state index contributed by atoms with van der Waals surface area (Å²) in [5.41, 5.74) is 0. The zero-order valence-electron chi connectivity index (χ0n) is 12.3. The van der Waals surface area contributed by atoms with Crippen molar-refractivity contribution in [3.05, 3.63) is 0 Å². The highest BCUT2D eigenvalue weighted by Crippen LogP contribution is 2.20. The number of hydrogen-bond donors (Lipinski definition) is 0. The molecule has 0 radical (unpaired) electrons. The van der Waals surface area contributed by atoms with Gasteiger partial charge in [0.2, 0.25) is 0 Å². The normalized spacial score (nSPS) is 11.6. The van der Waals surface area contributed by atoms with E-state index < -0.39 is 5.79 Å². The molecule has 4 nitrogen and oxygen atoms in total. The first kappa shape index (κ1) is 17.4. The van der Waals surface area contributed by atoms with E-state index in [1.807, 2.05) is 13.8 Å². The van der Waals surface area contributed by atoms with Crippen molar-refractivity contribution in [3.8, 4) is 0 Å². The van der Waals surface area contributed by atoms with Gasteiger partial charge in [0, 0.05) is 19.6 Å². The van der Waals surface area contributed by atoms with Crippen molar-refractivity contribution in [2.75, 3.05) is 19.8 Å². The predicted octanol–water partition coefficient (Wildman–Crippen LogP) is 3.29. The van der Waals surface area contributed by atoms with Gasteiger partial charge in [-0.3, -0.25) is 4.79 Å². The minimum absolute atomic E-state index is 0.178. The Labute approximate surface area is 111 Å². The minimum atomic E-state index is -0.669. The van der Waals surface area contributed by atoms with Crippen LogP contribution in [0.25, 0.3) is 0 Å². The summed E-state index contributed by atoms with van der Waals surface area (Å²) in [6, 6.07) is 0. The van der Waals surface area contributed by atoms with Crippen LogP contribution in [0.4, 0.5) is 0 Å². The molecule has 0 heterocycles. The number of rotatable bonds is 11. The van der Waals surface area contributed by atoms with E-state index in [9.17, 15) is 4.79 Å². The maximum Gasteiger partial charge on any atom is 0.305 e. The van der Waals surface area contributed by atoms with E-state index in [2.05, 4.69) is 13.8 Å². The average molecular weight is 260 g/mol. The first-order valence-corrected chi connectivity index (χ1v) is 7.01. The van der Waals surface area contributed by atoms with Crippen molar-refractivity contribution < 1.29 is 19.0 Å². The van der Waals surface area contributed by atoms with E-state index >= 15 is 0 Å². The van der Waals surface area contributed by atoms with E-state index in [-0.39, 0.29) is 5.97 Å². The second-order valence-corrected chi connectivity index (χ2v) is 4.55. The highest BCUT2D eigenvalue weighted by molar-refractivity contribution is 5.69. The monoisotopic (exact) mass is 260 g/mol. The molecule has 0 atom stereocenters. The van der Waals surface area contributed by atoms with E-state index in [0.717, 1.165) is 19.3 Å². The summed E-state index contributed by atoms with van der Waals surface area (Å²) in [4.78, 5) is 11.5. The molecule has 0 spiro atoms. The first-order valence-electron chi connectivity index (χ1n) is 7.01. The molecule has 0 unspecified atom stereocenters. The van der Waals surface area contributed by atoms with Gasteiger partial charge in [0.25, 0.3) is 0 Å². The molecule has 0 saturated heterocycles. The Hall–Kier alpha value is -0.610. The SMILES string of the molecule is CCCOC(=O)CCC(C)(OCCC)OCCC. The first-order chi connectivity index (χ1) is 8.58. The number of carbonyl (C=O) groups is 1. The van der Waals surface area contributed by atoms with Crippen LogP contribution in [0.2, 0.25) is 0 Å². The van der Waals surface area contributed by atoms with Gasteiger partial charge in [-0.25, -0.2) is 0 Å². The van der Waals surface area contributed by atoms with Gasteiger partial charge in [0.05, 0.1) is 13.0 Å². The molecule has 18 heavy (non-hydrogen) atoms. The van der Waals surface area contributed by atoms with Crippen molar-refractivity contribution in [2.45, 2.75) is 65.6 Å². The summed E-state index contributed by atoms with van der Waals surface area (Å²) in [7, 11) is 0. The van der Waals surface area contributed by atoms with Gasteiger partial charge >= 0.3 is 5.97 Å². The van der Waals surface area contributed by atoms with Crippen molar-refractivity contribution in [1.29, 1.82) is 0 Å². The maximum absolute atomic E-state index is 11.5. The number of esters is 1. The Morgan fingerprint density at radius 3 is 1.89 bits per heavy atom. The molecule has 4 heteroatoms. The molecule has 0 fully saturated rings. The molecule has 0 amide bonds. The molecule has 0 saturated carbocycles. The van der Waals surface area contributed by atoms with Crippen molar-refractivity contribution in [2.24, 2.45) is 0 Å². The fourth-order valence-corrected chi connectivity index (χ4v) is 1.44. The van der Waals surface area contributed by atoms with Crippen LogP contribution < -0.4 is 0 Å². The molecular weight excluding hydrogens is 232 g/mol. The third-order valence-corrected chi connectivity index (χ3v) is 2.47. The van der Waals surface area contributed by atoms with Crippen LogP contribution in [0.1, 0.15) is 59.8 Å². The zero-order chi connectivity index (χ0) is 13.9. The van der Waals surface area contributed by atoms with Crippen molar-refractivity contribution >= 4 is 5.97 Å². The van der Waals surface area contributed by atoms with E-state index in [1.54, 1.807) is 0 Å². The molecular formula is C14H28O4. The van der Waals surface area contributed by atoms with Gasteiger partial charge in [0.15, 0.2) is 5.79 Å². The molecule has 0 bridgehead atoms. The number of carbonyl (C=O) groups excluding carboxylic acids is 1. The molecule has 0 aliphatic carbocycles. The fourth-order valence-electron chi connectivity index (χ4n) is 1.44. The fraction of sp³-hybridized carbons (Fsp3) is 0.929. The molecule has 108 valence electrons. The van der Waals surface area contributed by atoms with E-state index in [4.69, 9.17) is 14.2 Å². The maximum atomic E-state index is 11.5.